The Kier molecular flexibility index (Phi) is 6.80. The first-order valence-electron chi connectivity index (χ1n) is 6.05. The van der Waals surface area contributed by atoms with Crippen LogP contribution in [0.25, 0.3) is 0 Å². The number of carbonyl (C=O) groups excluding carboxylic acids is 2. The van der Waals surface area contributed by atoms with Crippen molar-refractivity contribution in [3.8, 4) is 0 Å². The van der Waals surface area contributed by atoms with Crippen LogP contribution in [-0.4, -0.2) is 35.8 Å². The summed E-state index contributed by atoms with van der Waals surface area (Å²) in [6, 6.07) is -0.176. The third-order valence-electron chi connectivity index (χ3n) is 2.55. The Hall–Kier alpha value is -1.10. The lowest BCUT2D eigenvalue weighted by atomic mass is 10.0. The third kappa shape index (κ3) is 6.94. The van der Waals surface area contributed by atoms with E-state index in [4.69, 9.17) is 11.5 Å². The average Bonchev–Trinajstić information content (AvgIpc) is 2.14. The Balaban J connectivity index is 4.46. The second-order valence-electron chi connectivity index (χ2n) is 5.25. The standard InChI is InChI=1S/C12H25N3O2/c1-8(2)6-15(7-11(14)16)12(17)5-10(13)9(3)4/h8-10H,5-7,13H2,1-4H3,(H2,14,16). The molecule has 1 atom stereocenters. The minimum atomic E-state index is -0.489. The number of hydrogen-bond acceptors (Lipinski definition) is 3. The molecule has 0 aliphatic rings. The summed E-state index contributed by atoms with van der Waals surface area (Å²) in [7, 11) is 0. The highest BCUT2D eigenvalue weighted by atomic mass is 16.2. The zero-order valence-corrected chi connectivity index (χ0v) is 11.3. The maximum absolute atomic E-state index is 12.0. The molecule has 0 aliphatic carbocycles. The fourth-order valence-electron chi connectivity index (χ4n) is 1.45. The predicted molar refractivity (Wildman–Crippen MR) is 68.0 cm³/mol. The monoisotopic (exact) mass is 243 g/mol. The summed E-state index contributed by atoms with van der Waals surface area (Å²) in [5, 5.41) is 0. The SMILES string of the molecule is CC(C)CN(CC(N)=O)C(=O)CC(N)C(C)C. The Labute approximate surface area is 104 Å². The van der Waals surface area contributed by atoms with Crippen molar-refractivity contribution in [2.45, 2.75) is 40.2 Å². The van der Waals surface area contributed by atoms with Crippen molar-refractivity contribution in [2.24, 2.45) is 23.3 Å². The van der Waals surface area contributed by atoms with E-state index in [9.17, 15) is 9.59 Å². The number of hydrogen-bond donors (Lipinski definition) is 2. The molecule has 0 bridgehead atoms. The first-order chi connectivity index (χ1) is 7.73. The zero-order chi connectivity index (χ0) is 13.6. The normalized spacial score (nSPS) is 12.9. The van der Waals surface area contributed by atoms with Crippen molar-refractivity contribution >= 4 is 11.8 Å². The molecule has 0 fully saturated rings. The van der Waals surface area contributed by atoms with Crippen LogP contribution >= 0.6 is 0 Å². The van der Waals surface area contributed by atoms with Crippen molar-refractivity contribution in [3.05, 3.63) is 0 Å². The van der Waals surface area contributed by atoms with Gasteiger partial charge in [-0.3, -0.25) is 9.59 Å². The summed E-state index contributed by atoms with van der Waals surface area (Å²) in [6.07, 6.45) is 0.262. The molecule has 1 unspecified atom stereocenters. The van der Waals surface area contributed by atoms with Gasteiger partial charge in [0.2, 0.25) is 11.8 Å². The van der Waals surface area contributed by atoms with Crippen molar-refractivity contribution in [1.82, 2.24) is 4.90 Å². The minimum absolute atomic E-state index is 0.0260. The largest absolute Gasteiger partial charge is 0.368 e. The molecule has 0 saturated heterocycles. The summed E-state index contributed by atoms with van der Waals surface area (Å²) in [5.41, 5.74) is 11.0. The molecule has 17 heavy (non-hydrogen) atoms. The van der Waals surface area contributed by atoms with E-state index >= 15 is 0 Å². The van der Waals surface area contributed by atoms with Crippen LogP contribution in [0.3, 0.4) is 0 Å². The van der Waals surface area contributed by atoms with Crippen molar-refractivity contribution in [2.75, 3.05) is 13.1 Å². The van der Waals surface area contributed by atoms with Crippen LogP contribution in [0.5, 0.6) is 0 Å². The Morgan fingerprint density at radius 2 is 1.71 bits per heavy atom. The van der Waals surface area contributed by atoms with Crippen molar-refractivity contribution < 1.29 is 9.59 Å². The van der Waals surface area contributed by atoms with Gasteiger partial charge in [0.05, 0.1) is 6.54 Å². The van der Waals surface area contributed by atoms with Crippen LogP contribution in [0.2, 0.25) is 0 Å². The molecule has 0 spiro atoms. The average molecular weight is 243 g/mol. The van der Waals surface area contributed by atoms with Gasteiger partial charge in [-0.2, -0.15) is 0 Å². The van der Waals surface area contributed by atoms with Crippen molar-refractivity contribution in [1.29, 1.82) is 0 Å². The van der Waals surface area contributed by atoms with E-state index in [0.717, 1.165) is 0 Å². The Morgan fingerprint density at radius 3 is 2.06 bits per heavy atom. The Morgan fingerprint density at radius 1 is 1.18 bits per heavy atom. The van der Waals surface area contributed by atoms with Gasteiger partial charge in [-0.05, 0) is 11.8 Å². The lowest BCUT2D eigenvalue weighted by molar-refractivity contribution is -0.136. The van der Waals surface area contributed by atoms with Crippen LogP contribution < -0.4 is 11.5 Å². The van der Waals surface area contributed by atoms with Crippen LogP contribution in [0, 0.1) is 11.8 Å². The molecule has 0 aliphatic heterocycles. The van der Waals surface area contributed by atoms with Gasteiger partial charge in [0.15, 0.2) is 0 Å². The predicted octanol–water partition coefficient (Wildman–Crippen LogP) is 0.330. The molecule has 5 heteroatoms. The smallest absolute Gasteiger partial charge is 0.237 e. The van der Waals surface area contributed by atoms with E-state index in [1.807, 2.05) is 27.7 Å². The van der Waals surface area contributed by atoms with Gasteiger partial charge in [0.1, 0.15) is 0 Å². The molecule has 4 N–H and O–H groups in total. The van der Waals surface area contributed by atoms with Crippen LogP contribution in [0.15, 0.2) is 0 Å². The zero-order valence-electron chi connectivity index (χ0n) is 11.3. The van der Waals surface area contributed by atoms with Gasteiger partial charge < -0.3 is 16.4 Å². The maximum Gasteiger partial charge on any atom is 0.237 e. The van der Waals surface area contributed by atoms with E-state index in [1.54, 1.807) is 0 Å². The topological polar surface area (TPSA) is 89.4 Å². The third-order valence-corrected chi connectivity index (χ3v) is 2.55. The summed E-state index contributed by atoms with van der Waals surface area (Å²) in [5.74, 6) is -0.0437. The molecule has 2 amide bonds. The van der Waals surface area contributed by atoms with E-state index in [0.29, 0.717) is 12.5 Å². The van der Waals surface area contributed by atoms with Gasteiger partial charge in [-0.15, -0.1) is 0 Å². The molecule has 0 aromatic heterocycles. The molecule has 0 radical (unpaired) electrons. The molecule has 0 aromatic rings. The quantitative estimate of drug-likeness (QED) is 0.675. The molecule has 0 aromatic carbocycles. The number of nitrogens with zero attached hydrogens (tertiary/aromatic N) is 1. The first-order valence-corrected chi connectivity index (χ1v) is 6.05. The van der Waals surface area contributed by atoms with E-state index in [2.05, 4.69) is 0 Å². The molecule has 0 rings (SSSR count). The number of amides is 2. The summed E-state index contributed by atoms with van der Waals surface area (Å²) in [4.78, 5) is 24.4. The lowest BCUT2D eigenvalue weighted by Gasteiger charge is -2.25. The minimum Gasteiger partial charge on any atom is -0.368 e. The second-order valence-corrected chi connectivity index (χ2v) is 5.25. The van der Waals surface area contributed by atoms with E-state index in [-0.39, 0.29) is 30.8 Å². The summed E-state index contributed by atoms with van der Waals surface area (Å²) >= 11 is 0. The fraction of sp³-hybridized carbons (Fsp3) is 0.833. The lowest BCUT2D eigenvalue weighted by Crippen LogP contribution is -2.43. The highest BCUT2D eigenvalue weighted by Crippen LogP contribution is 2.07. The van der Waals surface area contributed by atoms with Gasteiger partial charge >= 0.3 is 0 Å². The molecule has 5 nitrogen and oxygen atoms in total. The number of rotatable bonds is 7. The van der Waals surface area contributed by atoms with Gasteiger partial charge in [0, 0.05) is 19.0 Å². The van der Waals surface area contributed by atoms with Gasteiger partial charge in [-0.25, -0.2) is 0 Å². The molecular formula is C12H25N3O2. The molecular weight excluding hydrogens is 218 g/mol. The first kappa shape index (κ1) is 15.9. The van der Waals surface area contributed by atoms with Gasteiger partial charge in [-0.1, -0.05) is 27.7 Å². The van der Waals surface area contributed by atoms with E-state index < -0.39 is 5.91 Å². The highest BCUT2D eigenvalue weighted by molar-refractivity contribution is 5.84. The fourth-order valence-corrected chi connectivity index (χ4v) is 1.45. The van der Waals surface area contributed by atoms with Crippen LogP contribution in [-0.2, 0) is 9.59 Å². The molecule has 0 heterocycles. The van der Waals surface area contributed by atoms with Crippen LogP contribution in [0.4, 0.5) is 0 Å². The number of primary amides is 1. The highest BCUT2D eigenvalue weighted by Gasteiger charge is 2.20. The van der Waals surface area contributed by atoms with E-state index in [1.165, 1.54) is 4.90 Å². The maximum atomic E-state index is 12.0. The van der Waals surface area contributed by atoms with Gasteiger partial charge in [0.25, 0.3) is 0 Å². The second kappa shape index (κ2) is 7.27. The summed E-state index contributed by atoms with van der Waals surface area (Å²) < 4.78 is 0. The Bertz CT molecular complexity index is 264. The number of carbonyl (C=O) groups is 2. The summed E-state index contributed by atoms with van der Waals surface area (Å²) in [6.45, 7) is 8.43. The van der Waals surface area contributed by atoms with Crippen LogP contribution in [0.1, 0.15) is 34.1 Å². The van der Waals surface area contributed by atoms with Crippen molar-refractivity contribution in [3.63, 3.8) is 0 Å². The molecule has 0 saturated carbocycles. The molecule has 100 valence electrons. The number of nitrogens with two attached hydrogens (primary N) is 2.